The molecule has 0 unspecified atom stereocenters. The molecule has 4 heterocycles. The van der Waals surface area contributed by atoms with Gasteiger partial charge in [0.2, 0.25) is 0 Å². The topological polar surface area (TPSA) is 98.5 Å². The third kappa shape index (κ3) is 5.16. The van der Waals surface area contributed by atoms with Crippen molar-refractivity contribution in [3.8, 4) is 23.3 Å². The summed E-state index contributed by atoms with van der Waals surface area (Å²) in [6.07, 6.45) is 8.37. The van der Waals surface area contributed by atoms with E-state index >= 15 is 4.39 Å². The summed E-state index contributed by atoms with van der Waals surface area (Å²) in [7, 11) is 0. The van der Waals surface area contributed by atoms with Gasteiger partial charge in [-0.25, -0.2) is 8.78 Å². The predicted molar refractivity (Wildman–Crippen MR) is 168 cm³/mol. The number of ether oxygens (including phenoxy) is 1. The highest BCUT2D eigenvalue weighted by Crippen LogP contribution is 2.58. The number of pyridine rings is 1. The second-order valence-electron chi connectivity index (χ2n) is 13.8. The number of fused-ring (bicyclic) bond motifs is 4. The summed E-state index contributed by atoms with van der Waals surface area (Å²) < 4.78 is 36.9. The zero-order valence-corrected chi connectivity index (χ0v) is 25.9. The molecule has 2 aromatic heterocycles. The van der Waals surface area contributed by atoms with Gasteiger partial charge in [0.25, 0.3) is 5.91 Å². The van der Waals surface area contributed by atoms with Crippen LogP contribution in [0.1, 0.15) is 55.6 Å². The molecule has 8 rings (SSSR count). The van der Waals surface area contributed by atoms with Gasteiger partial charge >= 0.3 is 6.01 Å². The van der Waals surface area contributed by atoms with Crippen LogP contribution in [-0.2, 0) is 11.2 Å². The summed E-state index contributed by atoms with van der Waals surface area (Å²) in [4.78, 5) is 32.4. The highest BCUT2D eigenvalue weighted by atomic mass is 19.1. The van der Waals surface area contributed by atoms with E-state index in [1.165, 1.54) is 28.9 Å². The maximum Gasteiger partial charge on any atom is 0.319 e. The van der Waals surface area contributed by atoms with Gasteiger partial charge in [-0.15, -0.1) is 0 Å². The molecule has 9 nitrogen and oxygen atoms in total. The molecule has 4 fully saturated rings. The van der Waals surface area contributed by atoms with Gasteiger partial charge in [-0.05, 0) is 74.6 Å². The number of hydrogen-bond donors (Lipinski definition) is 0. The Kier molecular flexibility index (Phi) is 7.16. The number of hydrogen-bond acceptors (Lipinski definition) is 8. The van der Waals surface area contributed by atoms with E-state index in [2.05, 4.69) is 33.6 Å². The average Bonchev–Trinajstić information content (AvgIpc) is 3.90. The van der Waals surface area contributed by atoms with Gasteiger partial charge in [0.05, 0.1) is 30.5 Å². The molecule has 0 spiro atoms. The number of nitriles is 1. The number of carbonyl (C=O) groups excluding carboxylic acids is 1. The molecule has 0 N–H and O–H groups in total. The minimum atomic E-state index is -1.06. The number of halogens is 2. The monoisotopic (exact) mass is 625 g/mol. The molecule has 238 valence electrons. The Hall–Kier alpha value is -4.17. The molecule has 0 bridgehead atoms. The lowest BCUT2D eigenvalue weighted by atomic mass is 9.96. The summed E-state index contributed by atoms with van der Waals surface area (Å²) in [5.74, 6) is -0.869. The zero-order chi connectivity index (χ0) is 31.6. The van der Waals surface area contributed by atoms with Gasteiger partial charge in [0.1, 0.15) is 17.0 Å². The molecule has 2 saturated carbocycles. The smallest absolute Gasteiger partial charge is 0.319 e. The van der Waals surface area contributed by atoms with Gasteiger partial charge in [0.15, 0.2) is 11.6 Å². The minimum absolute atomic E-state index is 0.00104. The first kappa shape index (κ1) is 29.2. The van der Waals surface area contributed by atoms with E-state index in [4.69, 9.17) is 9.72 Å². The van der Waals surface area contributed by atoms with E-state index < -0.39 is 23.6 Å². The lowest BCUT2D eigenvalue weighted by molar-refractivity contribution is -0.131. The van der Waals surface area contributed by atoms with E-state index in [1.807, 2.05) is 17.0 Å². The van der Waals surface area contributed by atoms with Crippen molar-refractivity contribution in [1.29, 1.82) is 5.26 Å². The Balaban J connectivity index is 1.17. The Morgan fingerprint density at radius 2 is 2.00 bits per heavy atom. The second-order valence-corrected chi connectivity index (χ2v) is 13.8. The quantitative estimate of drug-likeness (QED) is 0.301. The molecule has 3 atom stereocenters. The minimum Gasteiger partial charge on any atom is -0.463 e. The van der Waals surface area contributed by atoms with Crippen LogP contribution in [0.15, 0.2) is 36.8 Å². The van der Waals surface area contributed by atoms with Crippen molar-refractivity contribution in [3.05, 3.63) is 53.7 Å². The molecule has 1 amide bonds. The van der Waals surface area contributed by atoms with Crippen molar-refractivity contribution >= 4 is 22.6 Å². The first-order valence-electron chi connectivity index (χ1n) is 16.4. The SMILES string of the molecule is C=C(F)C(=O)N1CCN(c2nc(OCC3(CN4CCCC4)CC3)nc3c(F)c(-c4cccc5c4[C@@H]4C[C@@H]4C5)ncc23)C[C@@H]1CC#N. The zero-order valence-electron chi connectivity index (χ0n) is 25.9. The van der Waals surface area contributed by atoms with Crippen molar-refractivity contribution in [2.24, 2.45) is 11.3 Å². The summed E-state index contributed by atoms with van der Waals surface area (Å²) in [6, 6.07) is 7.67. The molecule has 2 saturated heterocycles. The standard InChI is InChI=1S/C35H37F2N7O2/c1-21(36)33(45)44-14-13-43(18-24(44)7-10-38)32-27-17-39-30(25-6-4-5-22-15-23-16-26(23)28(22)25)29(37)31(27)40-34(41-32)46-20-35(8-9-35)19-42-11-2-3-12-42/h4-6,17,23-24,26H,1-3,7-9,11-16,18-20H2/t23-,24-,26+/m0/s1. The molecule has 46 heavy (non-hydrogen) atoms. The fourth-order valence-electron chi connectivity index (χ4n) is 7.97. The van der Waals surface area contributed by atoms with Crippen LogP contribution in [0, 0.1) is 28.5 Å². The van der Waals surface area contributed by atoms with Crippen LogP contribution in [0.2, 0.25) is 0 Å². The first-order valence-corrected chi connectivity index (χ1v) is 16.4. The van der Waals surface area contributed by atoms with Crippen LogP contribution in [-0.4, -0.2) is 82.6 Å². The average molecular weight is 626 g/mol. The number of rotatable bonds is 9. The number of piperazine rings is 1. The molecule has 11 heteroatoms. The highest BCUT2D eigenvalue weighted by molar-refractivity contribution is 5.93. The summed E-state index contributed by atoms with van der Waals surface area (Å²) >= 11 is 0. The van der Waals surface area contributed by atoms with E-state index in [0.717, 1.165) is 50.9 Å². The van der Waals surface area contributed by atoms with Crippen molar-refractivity contribution in [2.45, 2.75) is 56.9 Å². The third-order valence-corrected chi connectivity index (χ3v) is 10.7. The second kappa shape index (κ2) is 11.3. The van der Waals surface area contributed by atoms with Gasteiger partial charge in [-0.1, -0.05) is 24.8 Å². The number of carbonyl (C=O) groups is 1. The lowest BCUT2D eigenvalue weighted by Gasteiger charge is -2.41. The van der Waals surface area contributed by atoms with E-state index in [1.54, 1.807) is 6.20 Å². The molecule has 3 aromatic rings. The first-order chi connectivity index (χ1) is 22.3. The van der Waals surface area contributed by atoms with Crippen molar-refractivity contribution in [1.82, 2.24) is 24.8 Å². The molecular weight excluding hydrogens is 588 g/mol. The van der Waals surface area contributed by atoms with Crippen LogP contribution >= 0.6 is 0 Å². The molecule has 1 aromatic carbocycles. The Morgan fingerprint density at radius 3 is 2.76 bits per heavy atom. The van der Waals surface area contributed by atoms with E-state index in [-0.39, 0.29) is 42.1 Å². The molecule has 5 aliphatic rings. The van der Waals surface area contributed by atoms with Crippen LogP contribution < -0.4 is 9.64 Å². The summed E-state index contributed by atoms with van der Waals surface area (Å²) in [5.41, 5.74) is 3.75. The van der Waals surface area contributed by atoms with Crippen LogP contribution in [0.3, 0.4) is 0 Å². The third-order valence-electron chi connectivity index (χ3n) is 10.7. The predicted octanol–water partition coefficient (Wildman–Crippen LogP) is 5.16. The van der Waals surface area contributed by atoms with Crippen LogP contribution in [0.5, 0.6) is 6.01 Å². The summed E-state index contributed by atoms with van der Waals surface area (Å²) in [5, 5.41) is 9.94. The Morgan fingerprint density at radius 1 is 1.17 bits per heavy atom. The maximum absolute atomic E-state index is 16.7. The summed E-state index contributed by atoms with van der Waals surface area (Å²) in [6.45, 7) is 7.45. The largest absolute Gasteiger partial charge is 0.463 e. The number of anilines is 1. The lowest BCUT2D eigenvalue weighted by Crippen LogP contribution is -2.55. The van der Waals surface area contributed by atoms with Gasteiger partial charge in [-0.3, -0.25) is 9.78 Å². The van der Waals surface area contributed by atoms with Gasteiger partial charge in [0, 0.05) is 43.4 Å². The number of likely N-dealkylation sites (tertiary alicyclic amines) is 1. The van der Waals surface area contributed by atoms with Crippen molar-refractivity contribution in [3.63, 3.8) is 0 Å². The number of benzene rings is 1. The van der Waals surface area contributed by atoms with Crippen LogP contribution in [0.4, 0.5) is 14.6 Å². The number of aromatic nitrogens is 3. The Bertz CT molecular complexity index is 1780. The van der Waals surface area contributed by atoms with Crippen LogP contribution in [0.25, 0.3) is 22.2 Å². The number of amides is 1. The van der Waals surface area contributed by atoms with E-state index in [0.29, 0.717) is 36.2 Å². The molecule has 0 radical (unpaired) electrons. The van der Waals surface area contributed by atoms with Crippen molar-refractivity contribution in [2.75, 3.05) is 50.8 Å². The normalized spacial score (nSPS) is 24.4. The maximum atomic E-state index is 16.7. The van der Waals surface area contributed by atoms with Gasteiger partial charge in [-0.2, -0.15) is 15.2 Å². The van der Waals surface area contributed by atoms with Gasteiger partial charge < -0.3 is 19.4 Å². The van der Waals surface area contributed by atoms with Crippen molar-refractivity contribution < 1.29 is 18.3 Å². The fourth-order valence-corrected chi connectivity index (χ4v) is 7.97. The highest BCUT2D eigenvalue weighted by Gasteiger charge is 2.47. The molecular formula is C35H37F2N7O2. The number of nitrogens with zero attached hydrogens (tertiary/aromatic N) is 7. The molecule has 3 aliphatic carbocycles. The molecule has 2 aliphatic heterocycles. The van der Waals surface area contributed by atoms with E-state index in [9.17, 15) is 14.4 Å². The fraction of sp³-hybridized carbons (Fsp3) is 0.514. The Labute approximate surface area is 266 Å².